The van der Waals surface area contributed by atoms with E-state index in [0.29, 0.717) is 18.7 Å². The standard InChI is InChI=1S/C12H17N3O3/c1-15(8-4-6-10(16)18-2)12(17)11-9(13)5-3-7-14-11/h3,5,7H,4,6,8,13H2,1-2H3. The highest BCUT2D eigenvalue weighted by molar-refractivity contribution is 5.96. The van der Waals surface area contributed by atoms with Gasteiger partial charge in [0.05, 0.1) is 12.8 Å². The lowest BCUT2D eigenvalue weighted by Gasteiger charge is -2.16. The molecule has 0 radical (unpaired) electrons. The second-order valence-electron chi connectivity index (χ2n) is 3.85. The Balaban J connectivity index is 2.52. The van der Waals surface area contributed by atoms with Gasteiger partial charge in [-0.05, 0) is 18.6 Å². The molecule has 0 atom stereocenters. The van der Waals surface area contributed by atoms with Gasteiger partial charge in [0.15, 0.2) is 5.69 Å². The molecule has 1 aromatic rings. The molecule has 18 heavy (non-hydrogen) atoms. The maximum atomic E-state index is 12.0. The largest absolute Gasteiger partial charge is 0.469 e. The van der Waals surface area contributed by atoms with Crippen LogP contribution in [0.1, 0.15) is 23.3 Å². The minimum absolute atomic E-state index is 0.234. The van der Waals surface area contributed by atoms with Crippen molar-refractivity contribution in [2.75, 3.05) is 26.4 Å². The Morgan fingerprint density at radius 2 is 2.22 bits per heavy atom. The molecule has 1 amide bonds. The van der Waals surface area contributed by atoms with Gasteiger partial charge in [0.2, 0.25) is 0 Å². The molecule has 0 bridgehead atoms. The van der Waals surface area contributed by atoms with Gasteiger partial charge in [-0.15, -0.1) is 0 Å². The van der Waals surface area contributed by atoms with Crippen LogP contribution in [0.2, 0.25) is 0 Å². The third kappa shape index (κ3) is 3.73. The Labute approximate surface area is 106 Å². The molecule has 0 aliphatic carbocycles. The molecular formula is C12H17N3O3. The summed E-state index contributed by atoms with van der Waals surface area (Å²) in [7, 11) is 2.99. The van der Waals surface area contributed by atoms with E-state index in [9.17, 15) is 9.59 Å². The Hall–Kier alpha value is -2.11. The van der Waals surface area contributed by atoms with Crippen LogP contribution in [0.4, 0.5) is 5.69 Å². The van der Waals surface area contributed by atoms with E-state index in [4.69, 9.17) is 5.73 Å². The second-order valence-corrected chi connectivity index (χ2v) is 3.85. The van der Waals surface area contributed by atoms with Crippen LogP contribution in [0.5, 0.6) is 0 Å². The van der Waals surface area contributed by atoms with Crippen molar-refractivity contribution in [3.05, 3.63) is 24.0 Å². The first-order valence-corrected chi connectivity index (χ1v) is 5.59. The smallest absolute Gasteiger partial charge is 0.305 e. The summed E-state index contributed by atoms with van der Waals surface area (Å²) in [6.07, 6.45) is 2.35. The topological polar surface area (TPSA) is 85.5 Å². The fraction of sp³-hybridized carbons (Fsp3) is 0.417. The SMILES string of the molecule is COC(=O)CCCN(C)C(=O)c1ncccc1N. The molecule has 0 unspecified atom stereocenters. The molecule has 6 heteroatoms. The number of hydrogen-bond donors (Lipinski definition) is 1. The maximum absolute atomic E-state index is 12.0. The first-order chi connectivity index (χ1) is 8.56. The van der Waals surface area contributed by atoms with Crippen LogP contribution in [0.15, 0.2) is 18.3 Å². The van der Waals surface area contributed by atoms with Crippen molar-refractivity contribution in [2.24, 2.45) is 0 Å². The predicted octanol–water partition coefficient (Wildman–Crippen LogP) is 0.689. The molecule has 0 aliphatic heterocycles. The molecule has 1 rings (SSSR count). The molecule has 0 saturated heterocycles. The number of aromatic nitrogens is 1. The van der Waals surface area contributed by atoms with Gasteiger partial charge in [-0.2, -0.15) is 0 Å². The average Bonchev–Trinajstić information content (AvgIpc) is 2.38. The first-order valence-electron chi connectivity index (χ1n) is 5.59. The number of anilines is 1. The number of pyridine rings is 1. The van der Waals surface area contributed by atoms with Crippen LogP contribution in [-0.2, 0) is 9.53 Å². The van der Waals surface area contributed by atoms with Gasteiger partial charge < -0.3 is 15.4 Å². The number of nitrogens with two attached hydrogens (primary N) is 1. The van der Waals surface area contributed by atoms with Crippen LogP contribution in [0.25, 0.3) is 0 Å². The number of carbonyl (C=O) groups excluding carboxylic acids is 2. The molecule has 6 nitrogen and oxygen atoms in total. The number of hydrogen-bond acceptors (Lipinski definition) is 5. The van der Waals surface area contributed by atoms with Crippen LogP contribution in [0.3, 0.4) is 0 Å². The number of amides is 1. The molecule has 0 aliphatic rings. The second kappa shape index (κ2) is 6.58. The number of rotatable bonds is 5. The van der Waals surface area contributed by atoms with Crippen LogP contribution < -0.4 is 5.73 Å². The number of nitrogens with zero attached hydrogens (tertiary/aromatic N) is 2. The number of nitrogen functional groups attached to an aromatic ring is 1. The van der Waals surface area contributed by atoms with Gasteiger partial charge in [0.25, 0.3) is 5.91 Å². The van der Waals surface area contributed by atoms with Crippen LogP contribution in [-0.4, -0.2) is 42.5 Å². The zero-order valence-electron chi connectivity index (χ0n) is 10.5. The summed E-state index contributed by atoms with van der Waals surface area (Å²) in [5.74, 6) is -0.536. The van der Waals surface area contributed by atoms with E-state index in [-0.39, 0.29) is 24.0 Å². The molecule has 98 valence electrons. The van der Waals surface area contributed by atoms with Gasteiger partial charge in [-0.3, -0.25) is 9.59 Å². The highest BCUT2D eigenvalue weighted by atomic mass is 16.5. The maximum Gasteiger partial charge on any atom is 0.305 e. The van der Waals surface area contributed by atoms with Crippen molar-refractivity contribution in [2.45, 2.75) is 12.8 Å². The highest BCUT2D eigenvalue weighted by Crippen LogP contribution is 2.10. The summed E-state index contributed by atoms with van der Waals surface area (Å²) >= 11 is 0. The fourth-order valence-electron chi connectivity index (χ4n) is 1.44. The van der Waals surface area contributed by atoms with Crippen LogP contribution in [0, 0.1) is 0 Å². The zero-order valence-corrected chi connectivity index (χ0v) is 10.5. The van der Waals surface area contributed by atoms with Gasteiger partial charge in [-0.1, -0.05) is 0 Å². The minimum Gasteiger partial charge on any atom is -0.469 e. The monoisotopic (exact) mass is 251 g/mol. The molecule has 0 aromatic carbocycles. The summed E-state index contributed by atoms with van der Waals surface area (Å²) < 4.78 is 4.52. The van der Waals surface area contributed by atoms with Gasteiger partial charge in [0, 0.05) is 26.2 Å². The Kier molecular flexibility index (Phi) is 5.10. The van der Waals surface area contributed by atoms with E-state index in [1.54, 1.807) is 19.2 Å². The molecule has 0 saturated carbocycles. The third-order valence-corrected chi connectivity index (χ3v) is 2.49. The molecule has 1 aromatic heterocycles. The Bertz CT molecular complexity index is 434. The van der Waals surface area contributed by atoms with Crippen molar-refractivity contribution < 1.29 is 14.3 Å². The molecular weight excluding hydrogens is 234 g/mol. The van der Waals surface area contributed by atoms with Crippen LogP contribution >= 0.6 is 0 Å². The number of methoxy groups -OCH3 is 1. The summed E-state index contributed by atoms with van der Waals surface area (Å²) in [4.78, 5) is 28.3. The van der Waals surface area contributed by atoms with Gasteiger partial charge in [-0.25, -0.2) is 4.98 Å². The van der Waals surface area contributed by atoms with Crippen molar-refractivity contribution >= 4 is 17.6 Å². The Morgan fingerprint density at radius 1 is 1.50 bits per heavy atom. The molecule has 2 N–H and O–H groups in total. The molecule has 0 spiro atoms. The van der Waals surface area contributed by atoms with E-state index in [2.05, 4.69) is 9.72 Å². The lowest BCUT2D eigenvalue weighted by molar-refractivity contribution is -0.140. The fourth-order valence-corrected chi connectivity index (χ4v) is 1.44. The van der Waals surface area contributed by atoms with Crippen molar-refractivity contribution in [1.29, 1.82) is 0 Å². The van der Waals surface area contributed by atoms with E-state index in [0.717, 1.165) is 0 Å². The summed E-state index contributed by atoms with van der Waals surface area (Å²) in [6, 6.07) is 3.30. The Morgan fingerprint density at radius 3 is 2.83 bits per heavy atom. The predicted molar refractivity (Wildman–Crippen MR) is 66.9 cm³/mol. The van der Waals surface area contributed by atoms with Crippen molar-refractivity contribution in [3.8, 4) is 0 Å². The number of carbonyl (C=O) groups is 2. The molecule has 1 heterocycles. The summed E-state index contributed by atoms with van der Waals surface area (Å²) in [5.41, 5.74) is 6.26. The number of esters is 1. The zero-order chi connectivity index (χ0) is 13.5. The summed E-state index contributed by atoms with van der Waals surface area (Å²) in [6.45, 7) is 0.448. The van der Waals surface area contributed by atoms with E-state index in [1.165, 1.54) is 18.2 Å². The van der Waals surface area contributed by atoms with Gasteiger partial charge >= 0.3 is 5.97 Å². The number of ether oxygens (including phenoxy) is 1. The highest BCUT2D eigenvalue weighted by Gasteiger charge is 2.15. The normalized spacial score (nSPS) is 9.89. The lowest BCUT2D eigenvalue weighted by atomic mass is 10.2. The van der Waals surface area contributed by atoms with Crippen molar-refractivity contribution in [1.82, 2.24) is 9.88 Å². The minimum atomic E-state index is -0.284. The van der Waals surface area contributed by atoms with Gasteiger partial charge in [0.1, 0.15) is 0 Å². The third-order valence-electron chi connectivity index (χ3n) is 2.49. The lowest BCUT2D eigenvalue weighted by Crippen LogP contribution is -2.29. The van der Waals surface area contributed by atoms with Crippen molar-refractivity contribution in [3.63, 3.8) is 0 Å². The molecule has 0 fully saturated rings. The average molecular weight is 251 g/mol. The van der Waals surface area contributed by atoms with E-state index < -0.39 is 0 Å². The quantitative estimate of drug-likeness (QED) is 0.778. The summed E-state index contributed by atoms with van der Waals surface area (Å²) in [5, 5.41) is 0. The van der Waals surface area contributed by atoms with E-state index in [1.807, 2.05) is 0 Å². The first kappa shape index (κ1) is 14.0. The van der Waals surface area contributed by atoms with E-state index >= 15 is 0 Å².